The molecule has 1 saturated heterocycles. The molecule has 1 aliphatic heterocycles. The fraction of sp³-hybridized carbons (Fsp3) is 0.300. The predicted octanol–water partition coefficient (Wildman–Crippen LogP) is 7.40. The molecule has 0 bridgehead atoms. The van der Waals surface area contributed by atoms with Gasteiger partial charge in [-0.25, -0.2) is 4.98 Å². The molecule has 1 aliphatic rings. The number of aromatic nitrogens is 2. The van der Waals surface area contributed by atoms with Gasteiger partial charge in [0.25, 0.3) is 0 Å². The van der Waals surface area contributed by atoms with Crippen molar-refractivity contribution in [3.05, 3.63) is 84.9 Å². The monoisotopic (exact) mass is 722 g/mol. The van der Waals surface area contributed by atoms with Crippen molar-refractivity contribution in [2.24, 2.45) is 0 Å². The molecule has 0 amide bonds. The summed E-state index contributed by atoms with van der Waals surface area (Å²) in [6, 6.07) is 27.7. The highest BCUT2D eigenvalue weighted by Gasteiger charge is 2.19. The second-order valence-electron chi connectivity index (χ2n) is 12.2. The molecule has 4 aromatic carbocycles. The van der Waals surface area contributed by atoms with Crippen LogP contribution in [-0.2, 0) is 0 Å². The van der Waals surface area contributed by atoms with Crippen molar-refractivity contribution in [3.8, 4) is 67.6 Å². The van der Waals surface area contributed by atoms with E-state index in [2.05, 4.69) is 39.2 Å². The van der Waals surface area contributed by atoms with Crippen molar-refractivity contribution in [3.63, 3.8) is 0 Å². The van der Waals surface area contributed by atoms with Gasteiger partial charge in [-0.3, -0.25) is 9.80 Å². The number of fused-ring (bicyclic) bond motifs is 1. The Morgan fingerprint density at radius 3 is 1.92 bits per heavy atom. The maximum Gasteiger partial charge on any atom is 0.203 e. The summed E-state index contributed by atoms with van der Waals surface area (Å²) in [5.41, 5.74) is 4.37. The zero-order valence-electron chi connectivity index (χ0n) is 29.8. The molecule has 0 unspecified atom stereocenters. The molecule has 0 radical (unpaired) electrons. The van der Waals surface area contributed by atoms with E-state index in [1.807, 2.05) is 60.7 Å². The summed E-state index contributed by atoms with van der Waals surface area (Å²) < 4.78 is 41.3. The number of ether oxygens (including phenoxy) is 6. The molecule has 6 aromatic rings. The van der Waals surface area contributed by atoms with Gasteiger partial charge in [0, 0.05) is 62.0 Å². The summed E-state index contributed by atoms with van der Waals surface area (Å²) in [5, 5.41) is 5.33. The summed E-state index contributed by atoms with van der Waals surface area (Å²) in [6.45, 7) is 6.79. The highest BCUT2D eigenvalue weighted by Crippen LogP contribution is 2.42. The summed E-state index contributed by atoms with van der Waals surface area (Å²) in [4.78, 5) is 9.63. The van der Waals surface area contributed by atoms with E-state index >= 15 is 0 Å². The molecule has 0 spiro atoms. The van der Waals surface area contributed by atoms with Gasteiger partial charge in [0.2, 0.25) is 5.75 Å². The Balaban J connectivity index is 0.872. The molecular formula is C40H42N4O7S. The minimum atomic E-state index is 0.515. The molecule has 1 fully saturated rings. The van der Waals surface area contributed by atoms with Gasteiger partial charge in [0.1, 0.15) is 29.7 Å². The van der Waals surface area contributed by atoms with Crippen LogP contribution in [0.4, 0.5) is 0 Å². The standard InChI is InChI=1S/C40H42N4O7S/c1-45-33-14-11-28(34-26-32(42-51-34)29-24-36(46-2)39(48-4)37(25-29)47-3)23-35(33)50-22-20-44-17-15-43(16-18-44)19-21-49-30-12-9-27(10-13-30)40-41-31-7-5-6-8-38(31)52-40/h5-14,23-26H,15-22H2,1-4H3. The fourth-order valence-corrected chi connectivity index (χ4v) is 7.19. The van der Waals surface area contributed by atoms with E-state index in [1.54, 1.807) is 39.8 Å². The summed E-state index contributed by atoms with van der Waals surface area (Å²) in [6.07, 6.45) is 0. The smallest absolute Gasteiger partial charge is 0.203 e. The van der Waals surface area contributed by atoms with Gasteiger partial charge >= 0.3 is 0 Å². The van der Waals surface area contributed by atoms with Gasteiger partial charge < -0.3 is 32.9 Å². The highest BCUT2D eigenvalue weighted by atomic mass is 32.1. The lowest BCUT2D eigenvalue weighted by atomic mass is 10.1. The highest BCUT2D eigenvalue weighted by molar-refractivity contribution is 7.21. The molecule has 0 N–H and O–H groups in total. The van der Waals surface area contributed by atoms with Gasteiger partial charge in [-0.15, -0.1) is 11.3 Å². The van der Waals surface area contributed by atoms with Crippen LogP contribution >= 0.6 is 11.3 Å². The normalized spacial score (nSPS) is 13.6. The quantitative estimate of drug-likeness (QED) is 0.106. The topological polar surface area (TPSA) is 101 Å². The number of hydrogen-bond acceptors (Lipinski definition) is 12. The first-order valence-corrected chi connectivity index (χ1v) is 18.0. The maximum absolute atomic E-state index is 6.25. The van der Waals surface area contributed by atoms with E-state index in [4.69, 9.17) is 37.9 Å². The molecular weight excluding hydrogens is 681 g/mol. The molecule has 12 heteroatoms. The Bertz CT molecular complexity index is 2030. The summed E-state index contributed by atoms with van der Waals surface area (Å²) >= 11 is 1.71. The molecule has 0 saturated carbocycles. The first-order chi connectivity index (χ1) is 25.5. The predicted molar refractivity (Wildman–Crippen MR) is 203 cm³/mol. The minimum absolute atomic E-state index is 0.515. The van der Waals surface area contributed by atoms with Crippen molar-refractivity contribution in [1.29, 1.82) is 0 Å². The SMILES string of the molecule is COc1ccc(-c2cc(-c3cc(OC)c(OC)c(OC)c3)no2)cc1OCCN1CCN(CCOc2ccc(-c3nc4ccccc4s3)cc2)CC1. The fourth-order valence-electron chi connectivity index (χ4n) is 6.22. The molecule has 0 atom stereocenters. The van der Waals surface area contributed by atoms with E-state index in [-0.39, 0.29) is 0 Å². The van der Waals surface area contributed by atoms with E-state index in [1.165, 1.54) is 4.70 Å². The Labute approximate surface area is 307 Å². The zero-order chi connectivity index (χ0) is 35.9. The van der Waals surface area contributed by atoms with E-state index in [9.17, 15) is 0 Å². The third-order valence-electron chi connectivity index (χ3n) is 9.12. The number of para-hydroxylation sites is 1. The van der Waals surface area contributed by atoms with Crippen LogP contribution in [0.5, 0.6) is 34.5 Å². The van der Waals surface area contributed by atoms with Crippen LogP contribution in [0.15, 0.2) is 89.5 Å². The number of methoxy groups -OCH3 is 4. The number of rotatable bonds is 15. The van der Waals surface area contributed by atoms with Gasteiger partial charge in [0.05, 0.1) is 38.7 Å². The minimum Gasteiger partial charge on any atom is -0.493 e. The van der Waals surface area contributed by atoms with Crippen LogP contribution in [0.3, 0.4) is 0 Å². The number of piperazine rings is 1. The van der Waals surface area contributed by atoms with Crippen molar-refractivity contribution in [2.75, 3.05) is 80.9 Å². The van der Waals surface area contributed by atoms with Crippen LogP contribution in [-0.4, -0.2) is 101 Å². The van der Waals surface area contributed by atoms with Gasteiger partial charge in [-0.05, 0) is 66.7 Å². The Morgan fingerprint density at radius 2 is 1.27 bits per heavy atom. The van der Waals surface area contributed by atoms with Crippen molar-refractivity contribution in [2.45, 2.75) is 0 Å². The van der Waals surface area contributed by atoms with E-state index in [0.29, 0.717) is 53.4 Å². The van der Waals surface area contributed by atoms with E-state index < -0.39 is 0 Å². The molecule has 270 valence electrons. The van der Waals surface area contributed by atoms with Gasteiger partial charge in [0.15, 0.2) is 28.8 Å². The third kappa shape index (κ3) is 7.94. The first-order valence-electron chi connectivity index (χ1n) is 17.2. The van der Waals surface area contributed by atoms with Gasteiger partial charge in [-0.1, -0.05) is 17.3 Å². The number of thiazole rings is 1. The Kier molecular flexibility index (Phi) is 11.1. The van der Waals surface area contributed by atoms with Gasteiger partial charge in [-0.2, -0.15) is 0 Å². The van der Waals surface area contributed by atoms with Crippen LogP contribution in [0.2, 0.25) is 0 Å². The molecule has 52 heavy (non-hydrogen) atoms. The average Bonchev–Trinajstić information content (AvgIpc) is 3.87. The second-order valence-corrected chi connectivity index (χ2v) is 13.3. The molecule has 2 aromatic heterocycles. The average molecular weight is 723 g/mol. The van der Waals surface area contributed by atoms with Crippen LogP contribution in [0.25, 0.3) is 43.4 Å². The zero-order valence-corrected chi connectivity index (χ0v) is 30.6. The molecule has 11 nitrogen and oxygen atoms in total. The summed E-state index contributed by atoms with van der Waals surface area (Å²) in [7, 11) is 6.38. The number of benzene rings is 4. The van der Waals surface area contributed by atoms with Crippen molar-refractivity contribution >= 4 is 21.6 Å². The number of nitrogens with zero attached hydrogens (tertiary/aromatic N) is 4. The van der Waals surface area contributed by atoms with E-state index in [0.717, 1.165) is 72.2 Å². The number of hydrogen-bond donors (Lipinski definition) is 0. The molecule has 3 heterocycles. The second kappa shape index (κ2) is 16.4. The first kappa shape index (κ1) is 35.1. The van der Waals surface area contributed by atoms with Crippen molar-refractivity contribution in [1.82, 2.24) is 19.9 Å². The molecule has 7 rings (SSSR count). The summed E-state index contributed by atoms with van der Waals surface area (Å²) in [5.74, 6) is 4.37. The van der Waals surface area contributed by atoms with Crippen molar-refractivity contribution < 1.29 is 32.9 Å². The third-order valence-corrected chi connectivity index (χ3v) is 10.2. The maximum atomic E-state index is 6.25. The largest absolute Gasteiger partial charge is 0.493 e. The Morgan fingerprint density at radius 1 is 0.635 bits per heavy atom. The lowest BCUT2D eigenvalue weighted by Gasteiger charge is -2.34. The Hall–Kier alpha value is -5.30. The van der Waals surface area contributed by atoms with Crippen LogP contribution < -0.4 is 28.4 Å². The van der Waals surface area contributed by atoms with Crippen LogP contribution in [0.1, 0.15) is 0 Å². The lowest BCUT2D eigenvalue weighted by Crippen LogP contribution is -2.48. The molecule has 0 aliphatic carbocycles. The lowest BCUT2D eigenvalue weighted by molar-refractivity contribution is 0.104. The van der Waals surface area contributed by atoms with Crippen LogP contribution in [0, 0.1) is 0 Å².